The van der Waals surface area contributed by atoms with E-state index in [-0.39, 0.29) is 12.4 Å². The topological polar surface area (TPSA) is 35.5 Å². The average Bonchev–Trinajstić information content (AvgIpc) is 3.05. The van der Waals surface area contributed by atoms with Crippen molar-refractivity contribution in [2.75, 3.05) is 13.4 Å². The van der Waals surface area contributed by atoms with Gasteiger partial charge in [0.25, 0.3) is 0 Å². The third-order valence-corrected chi connectivity index (χ3v) is 5.37. The molecule has 0 atom stereocenters. The van der Waals surface area contributed by atoms with Crippen LogP contribution in [0.3, 0.4) is 0 Å². The van der Waals surface area contributed by atoms with E-state index in [2.05, 4.69) is 6.58 Å². The number of aryl methyl sites for hydroxylation is 1. The van der Waals surface area contributed by atoms with Crippen molar-refractivity contribution < 1.29 is 14.3 Å². The summed E-state index contributed by atoms with van der Waals surface area (Å²) in [6.45, 7) is 7.98. The monoisotopic (exact) mass is 374 g/mol. The van der Waals surface area contributed by atoms with Crippen LogP contribution in [0.4, 0.5) is 0 Å². The molecule has 1 aromatic heterocycles. The normalized spacial score (nSPS) is 11.7. The lowest BCUT2D eigenvalue weighted by Gasteiger charge is -2.15. The van der Waals surface area contributed by atoms with Crippen molar-refractivity contribution in [1.29, 1.82) is 0 Å². The first kappa shape index (κ1) is 19.3. The van der Waals surface area contributed by atoms with E-state index < -0.39 is 0 Å². The van der Waals surface area contributed by atoms with Crippen LogP contribution in [0.2, 0.25) is 0 Å². The second kappa shape index (κ2) is 8.92. The van der Waals surface area contributed by atoms with Gasteiger partial charge in [-0.1, -0.05) is 18.7 Å². The van der Waals surface area contributed by atoms with Crippen molar-refractivity contribution >= 4 is 40.6 Å². The Morgan fingerprint density at radius 2 is 1.88 bits per heavy atom. The summed E-state index contributed by atoms with van der Waals surface area (Å²) < 4.78 is 10.9. The number of methoxy groups -OCH3 is 1. The maximum absolute atomic E-state index is 11.7. The first-order chi connectivity index (χ1) is 11.9. The third-order valence-electron chi connectivity index (χ3n) is 3.63. The summed E-state index contributed by atoms with van der Waals surface area (Å²) >= 11 is 3.31. The van der Waals surface area contributed by atoms with E-state index in [1.54, 1.807) is 23.1 Å². The molecule has 0 radical (unpaired) electrons. The summed E-state index contributed by atoms with van der Waals surface area (Å²) in [5.74, 6) is 0.933. The van der Waals surface area contributed by atoms with Gasteiger partial charge in [-0.25, -0.2) is 0 Å². The quantitative estimate of drug-likeness (QED) is 0.351. The van der Waals surface area contributed by atoms with E-state index in [0.717, 1.165) is 16.0 Å². The van der Waals surface area contributed by atoms with Crippen LogP contribution in [0.5, 0.6) is 0 Å². The molecule has 0 N–H and O–H groups in total. The van der Waals surface area contributed by atoms with Gasteiger partial charge in [0.2, 0.25) is 0 Å². The molecule has 0 saturated heterocycles. The standard InChI is InChI=1S/C20H22O3S2/c1-13(12-19(21)22-4)20(18-11-6-14(2)25-18)23-15(3)16-7-9-17(24-5)10-8-16/h6-11H,3,12H2,1-2,4-5H3/b20-13+. The third kappa shape index (κ3) is 5.25. The fourth-order valence-electron chi connectivity index (χ4n) is 2.23. The van der Waals surface area contributed by atoms with Gasteiger partial charge in [0.05, 0.1) is 18.4 Å². The second-order valence-electron chi connectivity index (χ2n) is 5.53. The molecule has 0 saturated carbocycles. The number of thioether (sulfide) groups is 1. The number of benzene rings is 1. The number of hydrogen-bond acceptors (Lipinski definition) is 5. The number of rotatable bonds is 7. The molecule has 0 bridgehead atoms. The molecule has 0 aliphatic heterocycles. The lowest BCUT2D eigenvalue weighted by molar-refractivity contribution is -0.139. The lowest BCUT2D eigenvalue weighted by Crippen LogP contribution is -2.03. The van der Waals surface area contributed by atoms with Gasteiger partial charge in [0.15, 0.2) is 0 Å². The molecule has 5 heteroatoms. The van der Waals surface area contributed by atoms with E-state index in [1.807, 2.05) is 56.5 Å². The largest absolute Gasteiger partial charge is 0.469 e. The maximum Gasteiger partial charge on any atom is 0.309 e. The molecule has 3 nitrogen and oxygen atoms in total. The van der Waals surface area contributed by atoms with E-state index >= 15 is 0 Å². The fourth-order valence-corrected chi connectivity index (χ4v) is 3.57. The van der Waals surface area contributed by atoms with Crippen molar-refractivity contribution in [2.45, 2.75) is 25.2 Å². The molecule has 0 aliphatic carbocycles. The molecule has 0 spiro atoms. The van der Waals surface area contributed by atoms with Crippen LogP contribution in [-0.2, 0) is 14.3 Å². The van der Waals surface area contributed by atoms with Gasteiger partial charge in [-0.3, -0.25) is 4.79 Å². The molecule has 1 aromatic carbocycles. The molecular weight excluding hydrogens is 352 g/mol. The van der Waals surface area contributed by atoms with Crippen LogP contribution in [0.25, 0.3) is 11.5 Å². The predicted octanol–water partition coefficient (Wildman–Crippen LogP) is 5.76. The highest BCUT2D eigenvalue weighted by Crippen LogP contribution is 2.32. The number of esters is 1. The smallest absolute Gasteiger partial charge is 0.309 e. The summed E-state index contributed by atoms with van der Waals surface area (Å²) in [5, 5.41) is 0. The van der Waals surface area contributed by atoms with E-state index in [9.17, 15) is 4.79 Å². The minimum absolute atomic E-state index is 0.182. The first-order valence-corrected chi connectivity index (χ1v) is 9.83. The Hall–Kier alpha value is -1.98. The molecule has 2 rings (SSSR count). The Kier molecular flexibility index (Phi) is 6.91. The Balaban J connectivity index is 2.30. The zero-order valence-corrected chi connectivity index (χ0v) is 16.6. The molecular formula is C20H22O3S2. The van der Waals surface area contributed by atoms with Gasteiger partial charge >= 0.3 is 5.97 Å². The van der Waals surface area contributed by atoms with Crippen LogP contribution in [-0.4, -0.2) is 19.3 Å². The van der Waals surface area contributed by atoms with E-state index in [1.165, 1.54) is 16.9 Å². The van der Waals surface area contributed by atoms with Gasteiger partial charge in [-0.15, -0.1) is 23.1 Å². The molecule has 2 aromatic rings. The zero-order chi connectivity index (χ0) is 18.4. The number of carbonyl (C=O) groups is 1. The van der Waals surface area contributed by atoms with Crippen molar-refractivity contribution in [2.24, 2.45) is 0 Å². The van der Waals surface area contributed by atoms with Gasteiger partial charge in [-0.05, 0) is 49.9 Å². The molecule has 132 valence electrons. The minimum Gasteiger partial charge on any atom is -0.469 e. The molecule has 0 aliphatic rings. The summed E-state index contributed by atoms with van der Waals surface area (Å²) in [6, 6.07) is 12.1. The van der Waals surface area contributed by atoms with Crippen molar-refractivity contribution in [3.63, 3.8) is 0 Å². The van der Waals surface area contributed by atoms with Crippen LogP contribution < -0.4 is 0 Å². The summed E-state index contributed by atoms with van der Waals surface area (Å²) in [4.78, 5) is 15.0. The molecule has 0 fully saturated rings. The molecule has 1 heterocycles. The molecule has 25 heavy (non-hydrogen) atoms. The number of thiophene rings is 1. The second-order valence-corrected chi connectivity index (χ2v) is 7.69. The Labute approximate surface area is 157 Å². The van der Waals surface area contributed by atoms with E-state index in [4.69, 9.17) is 9.47 Å². The Morgan fingerprint density at radius 3 is 2.40 bits per heavy atom. The molecule has 0 unspecified atom stereocenters. The van der Waals surface area contributed by atoms with Crippen molar-refractivity contribution in [1.82, 2.24) is 0 Å². The Bertz CT molecular complexity index is 786. The van der Waals surface area contributed by atoms with E-state index in [0.29, 0.717) is 11.5 Å². The summed E-state index contributed by atoms with van der Waals surface area (Å²) in [6.07, 6.45) is 2.22. The van der Waals surface area contributed by atoms with Crippen LogP contribution in [0.1, 0.15) is 28.7 Å². The highest BCUT2D eigenvalue weighted by Gasteiger charge is 2.15. The summed E-state index contributed by atoms with van der Waals surface area (Å²) in [7, 11) is 1.39. The summed E-state index contributed by atoms with van der Waals surface area (Å²) in [5.41, 5.74) is 1.73. The van der Waals surface area contributed by atoms with Crippen LogP contribution >= 0.6 is 23.1 Å². The fraction of sp³-hybridized carbons (Fsp3) is 0.250. The first-order valence-electron chi connectivity index (χ1n) is 7.79. The van der Waals surface area contributed by atoms with Crippen molar-refractivity contribution in [3.05, 3.63) is 63.9 Å². The minimum atomic E-state index is -0.290. The van der Waals surface area contributed by atoms with Gasteiger partial charge in [-0.2, -0.15) is 0 Å². The highest BCUT2D eigenvalue weighted by molar-refractivity contribution is 7.98. The van der Waals surface area contributed by atoms with Gasteiger partial charge in [0, 0.05) is 15.3 Å². The predicted molar refractivity (Wildman–Crippen MR) is 107 cm³/mol. The highest BCUT2D eigenvalue weighted by atomic mass is 32.2. The zero-order valence-electron chi connectivity index (χ0n) is 14.9. The van der Waals surface area contributed by atoms with Crippen molar-refractivity contribution in [3.8, 4) is 0 Å². The average molecular weight is 375 g/mol. The number of hydrogen-bond donors (Lipinski definition) is 0. The van der Waals surface area contributed by atoms with Gasteiger partial charge < -0.3 is 9.47 Å². The lowest BCUT2D eigenvalue weighted by atomic mass is 10.1. The number of ether oxygens (including phenoxy) is 2. The maximum atomic E-state index is 11.7. The van der Waals surface area contributed by atoms with Crippen LogP contribution in [0, 0.1) is 6.92 Å². The Morgan fingerprint density at radius 1 is 1.20 bits per heavy atom. The number of carbonyl (C=O) groups excluding carboxylic acids is 1. The SMILES string of the molecule is C=C(O/C(=C(\C)CC(=O)OC)c1ccc(C)s1)c1ccc(SC)cc1. The van der Waals surface area contributed by atoms with Crippen LogP contribution in [0.15, 0.2) is 53.4 Å². The van der Waals surface area contributed by atoms with Gasteiger partial charge in [0.1, 0.15) is 11.5 Å². The molecule has 0 amide bonds.